The maximum atomic E-state index is 4.47. The van der Waals surface area contributed by atoms with Crippen molar-refractivity contribution in [3.8, 4) is 0 Å². The third-order valence-electron chi connectivity index (χ3n) is 4.44. The molecule has 0 bridgehead atoms. The zero-order valence-electron chi connectivity index (χ0n) is 16.1. The molecule has 0 aliphatic heterocycles. The molecule has 0 radical (unpaired) electrons. The molecular weight excluding hydrogens is 330 g/mol. The Kier molecular flexibility index (Phi) is 6.93. The molecule has 0 aliphatic carbocycles. The van der Waals surface area contributed by atoms with Crippen molar-refractivity contribution >= 4 is 17.7 Å². The van der Waals surface area contributed by atoms with Crippen LogP contribution in [0.2, 0.25) is 0 Å². The first-order chi connectivity index (χ1) is 12.0. The number of nitrogens with one attached hydrogen (secondary N) is 2. The number of aromatic nitrogens is 2. The summed E-state index contributed by atoms with van der Waals surface area (Å²) in [5.74, 6) is 0.826. The minimum Gasteiger partial charge on any atom is -0.356 e. The number of guanidine groups is 1. The van der Waals surface area contributed by atoms with E-state index in [1.165, 1.54) is 27.3 Å². The molecule has 1 heterocycles. The molecule has 6 heteroatoms. The molecule has 5 nitrogen and oxygen atoms in total. The van der Waals surface area contributed by atoms with Gasteiger partial charge in [-0.15, -0.1) is 11.8 Å². The highest BCUT2D eigenvalue weighted by molar-refractivity contribution is 7.98. The van der Waals surface area contributed by atoms with Crippen LogP contribution in [-0.2, 0) is 20.0 Å². The third-order valence-corrected chi connectivity index (χ3v) is 5.26. The van der Waals surface area contributed by atoms with Crippen LogP contribution in [-0.4, -0.2) is 35.6 Å². The van der Waals surface area contributed by atoms with Gasteiger partial charge in [-0.25, -0.2) is 0 Å². The first-order valence-corrected chi connectivity index (χ1v) is 9.75. The van der Waals surface area contributed by atoms with E-state index < -0.39 is 0 Å². The van der Waals surface area contributed by atoms with Gasteiger partial charge in [-0.2, -0.15) is 5.10 Å². The molecule has 2 N–H and O–H groups in total. The van der Waals surface area contributed by atoms with Crippen molar-refractivity contribution in [3.05, 3.63) is 46.3 Å². The van der Waals surface area contributed by atoms with Gasteiger partial charge in [-0.05, 0) is 56.2 Å². The molecule has 0 saturated heterocycles. The smallest absolute Gasteiger partial charge is 0.191 e. The fourth-order valence-corrected chi connectivity index (χ4v) is 3.59. The van der Waals surface area contributed by atoms with E-state index in [4.69, 9.17) is 0 Å². The van der Waals surface area contributed by atoms with Crippen molar-refractivity contribution in [2.45, 2.75) is 38.6 Å². The van der Waals surface area contributed by atoms with Crippen molar-refractivity contribution in [3.63, 3.8) is 0 Å². The summed E-state index contributed by atoms with van der Waals surface area (Å²) < 4.78 is 1.94. The summed E-state index contributed by atoms with van der Waals surface area (Å²) in [4.78, 5) is 5.63. The quantitative estimate of drug-likeness (QED) is 0.473. The lowest BCUT2D eigenvalue weighted by Gasteiger charge is -2.14. The molecule has 0 amide bonds. The van der Waals surface area contributed by atoms with E-state index in [0.717, 1.165) is 31.2 Å². The monoisotopic (exact) mass is 359 g/mol. The molecule has 0 saturated carbocycles. The fraction of sp³-hybridized carbons (Fsp3) is 0.474. The van der Waals surface area contributed by atoms with Gasteiger partial charge in [0.05, 0.1) is 5.69 Å². The largest absolute Gasteiger partial charge is 0.356 e. The molecule has 0 fully saturated rings. The Morgan fingerprint density at radius 1 is 1.24 bits per heavy atom. The van der Waals surface area contributed by atoms with Gasteiger partial charge in [-0.3, -0.25) is 9.67 Å². The van der Waals surface area contributed by atoms with Crippen LogP contribution in [0.15, 0.2) is 28.1 Å². The van der Waals surface area contributed by atoms with Crippen LogP contribution >= 0.6 is 11.8 Å². The molecule has 136 valence electrons. The van der Waals surface area contributed by atoms with E-state index in [2.05, 4.69) is 66.0 Å². The van der Waals surface area contributed by atoms with E-state index in [-0.39, 0.29) is 0 Å². The summed E-state index contributed by atoms with van der Waals surface area (Å²) in [5, 5.41) is 11.3. The highest BCUT2D eigenvalue weighted by atomic mass is 32.2. The van der Waals surface area contributed by atoms with Crippen molar-refractivity contribution in [2.24, 2.45) is 12.0 Å². The van der Waals surface area contributed by atoms with Crippen molar-refractivity contribution < 1.29 is 0 Å². The second kappa shape index (κ2) is 8.94. The van der Waals surface area contributed by atoms with Crippen LogP contribution < -0.4 is 10.6 Å². The van der Waals surface area contributed by atoms with Gasteiger partial charge < -0.3 is 10.6 Å². The van der Waals surface area contributed by atoms with Gasteiger partial charge in [0, 0.05) is 37.8 Å². The topological polar surface area (TPSA) is 54.2 Å². The summed E-state index contributed by atoms with van der Waals surface area (Å²) >= 11 is 1.78. The average molecular weight is 360 g/mol. The van der Waals surface area contributed by atoms with Gasteiger partial charge in [0.25, 0.3) is 0 Å². The Bertz CT molecular complexity index is 749. The van der Waals surface area contributed by atoms with Crippen LogP contribution in [0.4, 0.5) is 0 Å². The number of aryl methyl sites for hydroxylation is 3. The minimum absolute atomic E-state index is 0.765. The van der Waals surface area contributed by atoms with E-state index in [0.29, 0.717) is 0 Å². The number of benzene rings is 1. The third kappa shape index (κ3) is 5.01. The fourth-order valence-electron chi connectivity index (χ4n) is 2.88. The van der Waals surface area contributed by atoms with Gasteiger partial charge in [0.15, 0.2) is 5.96 Å². The van der Waals surface area contributed by atoms with Crippen molar-refractivity contribution in [1.82, 2.24) is 20.4 Å². The van der Waals surface area contributed by atoms with Crippen LogP contribution in [0, 0.1) is 20.8 Å². The van der Waals surface area contributed by atoms with Crippen molar-refractivity contribution in [2.75, 3.05) is 19.8 Å². The minimum atomic E-state index is 0.765. The van der Waals surface area contributed by atoms with Crippen LogP contribution in [0.1, 0.15) is 28.1 Å². The van der Waals surface area contributed by atoms with E-state index >= 15 is 0 Å². The molecule has 0 spiro atoms. The first kappa shape index (κ1) is 19.4. The molecule has 2 rings (SSSR count). The second-order valence-electron chi connectivity index (χ2n) is 6.19. The Hall–Kier alpha value is -1.95. The molecule has 25 heavy (non-hydrogen) atoms. The predicted molar refractivity (Wildman–Crippen MR) is 108 cm³/mol. The van der Waals surface area contributed by atoms with Gasteiger partial charge >= 0.3 is 0 Å². The second-order valence-corrected chi connectivity index (χ2v) is 7.04. The number of rotatable bonds is 6. The van der Waals surface area contributed by atoms with Gasteiger partial charge in [0.1, 0.15) is 0 Å². The summed E-state index contributed by atoms with van der Waals surface area (Å²) in [7, 11) is 3.80. The van der Waals surface area contributed by atoms with E-state index in [1.807, 2.05) is 11.7 Å². The molecule has 1 aromatic heterocycles. The van der Waals surface area contributed by atoms with Crippen LogP contribution in [0.5, 0.6) is 0 Å². The van der Waals surface area contributed by atoms with Gasteiger partial charge in [-0.1, -0.05) is 12.1 Å². The Balaban J connectivity index is 1.89. The number of hydrogen-bond acceptors (Lipinski definition) is 3. The molecule has 2 aromatic rings. The molecule has 0 unspecified atom stereocenters. The van der Waals surface area contributed by atoms with Crippen LogP contribution in [0.3, 0.4) is 0 Å². The SMILES string of the molecule is CN=C(NCCc1c(C)nn(C)c1C)NCc1ccc(C)cc1SC. The Morgan fingerprint density at radius 3 is 2.60 bits per heavy atom. The zero-order valence-corrected chi connectivity index (χ0v) is 16.9. The standard InChI is InChI=1S/C19H29N5S/c1-13-7-8-16(18(11-13)25-6)12-22-19(20-4)21-10-9-17-14(2)23-24(5)15(17)3/h7-8,11H,9-10,12H2,1-6H3,(H2,20,21,22). The lowest BCUT2D eigenvalue weighted by molar-refractivity contribution is 0.728. The number of aliphatic imine (C=N–C) groups is 1. The molecular formula is C19H29N5S. The summed E-state index contributed by atoms with van der Waals surface area (Å²) in [6, 6.07) is 6.57. The highest BCUT2D eigenvalue weighted by Gasteiger charge is 2.09. The van der Waals surface area contributed by atoms with Crippen molar-refractivity contribution in [1.29, 1.82) is 0 Å². The summed E-state index contributed by atoms with van der Waals surface area (Å²) in [6.45, 7) is 7.90. The molecule has 0 atom stereocenters. The highest BCUT2D eigenvalue weighted by Crippen LogP contribution is 2.21. The Labute approximate surface area is 155 Å². The number of hydrogen-bond donors (Lipinski definition) is 2. The summed E-state index contributed by atoms with van der Waals surface area (Å²) in [6.07, 6.45) is 3.05. The molecule has 1 aromatic carbocycles. The lowest BCUT2D eigenvalue weighted by Crippen LogP contribution is -2.38. The van der Waals surface area contributed by atoms with E-state index in [1.54, 1.807) is 18.8 Å². The molecule has 0 aliphatic rings. The zero-order chi connectivity index (χ0) is 18.4. The van der Waals surface area contributed by atoms with Crippen LogP contribution in [0.25, 0.3) is 0 Å². The maximum absolute atomic E-state index is 4.47. The number of nitrogens with zero attached hydrogens (tertiary/aromatic N) is 3. The number of thioether (sulfide) groups is 1. The van der Waals surface area contributed by atoms with Gasteiger partial charge in [0.2, 0.25) is 0 Å². The average Bonchev–Trinajstić information content (AvgIpc) is 2.84. The maximum Gasteiger partial charge on any atom is 0.191 e. The normalized spacial score (nSPS) is 11.7. The summed E-state index contributed by atoms with van der Waals surface area (Å²) in [5.41, 5.74) is 6.23. The van der Waals surface area contributed by atoms with E-state index in [9.17, 15) is 0 Å². The predicted octanol–water partition coefficient (Wildman–Crippen LogP) is 2.97. The first-order valence-electron chi connectivity index (χ1n) is 8.53. The lowest BCUT2D eigenvalue weighted by atomic mass is 10.1. The Morgan fingerprint density at radius 2 is 2.00 bits per heavy atom.